The molecule has 2 rings (SSSR count). The standard InChI is InChI=1S/C13H14IN3O2/c1-17-9-15-8-10(17)6-7-16-13(18)5-3-11-2-4-12(14)19-11/h2-5,8-9H,6-7H2,1H3,(H,16,18). The fraction of sp³-hybridized carbons (Fsp3) is 0.231. The van der Waals surface area contributed by atoms with E-state index in [1.807, 2.05) is 23.7 Å². The normalized spacial score (nSPS) is 11.1. The Labute approximate surface area is 124 Å². The number of aromatic nitrogens is 2. The average molecular weight is 371 g/mol. The minimum absolute atomic E-state index is 0.131. The fourth-order valence-electron chi connectivity index (χ4n) is 1.57. The molecule has 2 aromatic heterocycles. The first-order valence-corrected chi connectivity index (χ1v) is 6.89. The third kappa shape index (κ3) is 4.23. The largest absolute Gasteiger partial charge is 0.451 e. The van der Waals surface area contributed by atoms with Crippen molar-refractivity contribution in [2.75, 3.05) is 6.54 Å². The number of carbonyl (C=O) groups excluding carboxylic acids is 1. The van der Waals surface area contributed by atoms with Crippen molar-refractivity contribution in [2.24, 2.45) is 7.05 Å². The van der Waals surface area contributed by atoms with Crippen LogP contribution in [0.1, 0.15) is 11.5 Å². The van der Waals surface area contributed by atoms with Crippen molar-refractivity contribution in [1.29, 1.82) is 0 Å². The van der Waals surface area contributed by atoms with Crippen LogP contribution in [0.15, 0.2) is 35.2 Å². The van der Waals surface area contributed by atoms with E-state index in [0.717, 1.165) is 15.9 Å². The van der Waals surface area contributed by atoms with Gasteiger partial charge in [-0.2, -0.15) is 0 Å². The lowest BCUT2D eigenvalue weighted by Gasteiger charge is -2.02. The summed E-state index contributed by atoms with van der Waals surface area (Å²) in [7, 11) is 1.93. The number of rotatable bonds is 5. The zero-order valence-electron chi connectivity index (χ0n) is 10.5. The van der Waals surface area contributed by atoms with Gasteiger partial charge in [-0.25, -0.2) is 4.98 Å². The maximum absolute atomic E-state index is 11.6. The average Bonchev–Trinajstić information content (AvgIpc) is 2.96. The van der Waals surface area contributed by atoms with E-state index in [-0.39, 0.29) is 5.91 Å². The van der Waals surface area contributed by atoms with E-state index in [4.69, 9.17) is 4.42 Å². The van der Waals surface area contributed by atoms with Crippen LogP contribution >= 0.6 is 22.6 Å². The molecular formula is C13H14IN3O2. The second-order valence-electron chi connectivity index (χ2n) is 4.01. The van der Waals surface area contributed by atoms with Gasteiger partial charge in [-0.3, -0.25) is 4.79 Å². The van der Waals surface area contributed by atoms with E-state index in [2.05, 4.69) is 32.9 Å². The third-order valence-electron chi connectivity index (χ3n) is 2.59. The number of hydrogen-bond acceptors (Lipinski definition) is 3. The van der Waals surface area contributed by atoms with Gasteiger partial charge in [0.05, 0.1) is 6.33 Å². The Bertz CT molecular complexity index is 586. The molecule has 0 aliphatic heterocycles. The highest BCUT2D eigenvalue weighted by Crippen LogP contribution is 2.11. The van der Waals surface area contributed by atoms with Crippen molar-refractivity contribution >= 4 is 34.6 Å². The molecule has 5 nitrogen and oxygen atoms in total. The van der Waals surface area contributed by atoms with Crippen LogP contribution in [0.5, 0.6) is 0 Å². The van der Waals surface area contributed by atoms with Gasteiger partial charge in [-0.05, 0) is 40.8 Å². The van der Waals surface area contributed by atoms with Crippen LogP contribution < -0.4 is 5.32 Å². The lowest BCUT2D eigenvalue weighted by atomic mass is 10.3. The summed E-state index contributed by atoms with van der Waals surface area (Å²) >= 11 is 2.08. The number of nitrogens with one attached hydrogen (secondary N) is 1. The van der Waals surface area contributed by atoms with E-state index in [1.54, 1.807) is 18.6 Å². The monoisotopic (exact) mass is 371 g/mol. The molecule has 0 aliphatic rings. The van der Waals surface area contributed by atoms with E-state index in [9.17, 15) is 4.79 Å². The summed E-state index contributed by atoms with van der Waals surface area (Å²) in [6.45, 7) is 0.582. The summed E-state index contributed by atoms with van der Waals surface area (Å²) in [5.74, 6) is 0.541. The SMILES string of the molecule is Cn1cncc1CCNC(=O)C=Cc1ccc(I)o1. The van der Waals surface area contributed by atoms with Crippen LogP contribution in [0.3, 0.4) is 0 Å². The lowest BCUT2D eigenvalue weighted by Crippen LogP contribution is -2.24. The van der Waals surface area contributed by atoms with Gasteiger partial charge in [0.25, 0.3) is 0 Å². The van der Waals surface area contributed by atoms with Gasteiger partial charge in [0, 0.05) is 38.0 Å². The van der Waals surface area contributed by atoms with Crippen LogP contribution in [0, 0.1) is 3.77 Å². The van der Waals surface area contributed by atoms with Crippen LogP contribution in [0.4, 0.5) is 0 Å². The molecule has 0 fully saturated rings. The number of aryl methyl sites for hydroxylation is 1. The van der Waals surface area contributed by atoms with Crippen LogP contribution in [-0.2, 0) is 18.3 Å². The molecule has 0 aromatic carbocycles. The number of halogens is 1. The first kappa shape index (κ1) is 13.9. The molecule has 100 valence electrons. The first-order chi connectivity index (χ1) is 9.15. The van der Waals surface area contributed by atoms with E-state index < -0.39 is 0 Å². The maximum Gasteiger partial charge on any atom is 0.244 e. The highest BCUT2D eigenvalue weighted by molar-refractivity contribution is 14.1. The maximum atomic E-state index is 11.6. The Kier molecular flexibility index (Phi) is 4.78. The number of nitrogens with zero attached hydrogens (tertiary/aromatic N) is 2. The van der Waals surface area contributed by atoms with Gasteiger partial charge < -0.3 is 14.3 Å². The van der Waals surface area contributed by atoms with Gasteiger partial charge in [0.2, 0.25) is 5.91 Å². The van der Waals surface area contributed by atoms with Gasteiger partial charge >= 0.3 is 0 Å². The van der Waals surface area contributed by atoms with Crippen LogP contribution in [0.25, 0.3) is 6.08 Å². The lowest BCUT2D eigenvalue weighted by molar-refractivity contribution is -0.116. The summed E-state index contributed by atoms with van der Waals surface area (Å²) in [4.78, 5) is 15.6. The topological polar surface area (TPSA) is 60.1 Å². The summed E-state index contributed by atoms with van der Waals surface area (Å²) in [6, 6.07) is 3.67. The van der Waals surface area contributed by atoms with E-state index >= 15 is 0 Å². The second kappa shape index (κ2) is 6.55. The number of hydrogen-bond donors (Lipinski definition) is 1. The second-order valence-corrected chi connectivity index (χ2v) is 5.08. The summed E-state index contributed by atoms with van der Waals surface area (Å²) in [5.41, 5.74) is 1.09. The molecule has 0 radical (unpaired) electrons. The number of furan rings is 1. The number of amides is 1. The zero-order chi connectivity index (χ0) is 13.7. The highest BCUT2D eigenvalue weighted by atomic mass is 127. The van der Waals surface area contributed by atoms with Gasteiger partial charge in [-0.15, -0.1) is 0 Å². The minimum atomic E-state index is -0.131. The number of imidazole rings is 1. The van der Waals surface area contributed by atoms with Crippen LogP contribution in [0.2, 0.25) is 0 Å². The summed E-state index contributed by atoms with van der Waals surface area (Å²) in [6.07, 6.45) is 7.43. The highest BCUT2D eigenvalue weighted by Gasteiger charge is 2.00. The molecule has 0 saturated heterocycles. The van der Waals surface area contributed by atoms with Crippen LogP contribution in [-0.4, -0.2) is 22.0 Å². The third-order valence-corrected chi connectivity index (χ3v) is 3.17. The molecule has 1 N–H and O–H groups in total. The van der Waals surface area contributed by atoms with Crippen molar-refractivity contribution in [3.8, 4) is 0 Å². The molecule has 0 atom stereocenters. The smallest absolute Gasteiger partial charge is 0.244 e. The van der Waals surface area contributed by atoms with Crippen molar-refractivity contribution in [3.63, 3.8) is 0 Å². The molecule has 0 spiro atoms. The summed E-state index contributed by atoms with van der Waals surface area (Å²) < 4.78 is 8.06. The predicted molar refractivity (Wildman–Crippen MR) is 80.4 cm³/mol. The molecule has 0 unspecified atom stereocenters. The Morgan fingerprint density at radius 2 is 2.42 bits per heavy atom. The minimum Gasteiger partial charge on any atom is -0.451 e. The van der Waals surface area contributed by atoms with Crippen molar-refractivity contribution < 1.29 is 9.21 Å². The van der Waals surface area contributed by atoms with Gasteiger partial charge in [0.15, 0.2) is 3.77 Å². The van der Waals surface area contributed by atoms with Gasteiger partial charge in [0.1, 0.15) is 5.76 Å². The molecule has 0 saturated carbocycles. The molecule has 2 heterocycles. The van der Waals surface area contributed by atoms with E-state index in [1.165, 1.54) is 6.08 Å². The van der Waals surface area contributed by atoms with Crippen molar-refractivity contribution in [3.05, 3.63) is 46.0 Å². The Hall–Kier alpha value is -1.57. The number of carbonyl (C=O) groups is 1. The Morgan fingerprint density at radius 1 is 1.58 bits per heavy atom. The molecule has 0 bridgehead atoms. The predicted octanol–water partition coefficient (Wildman–Crippen LogP) is 1.99. The quantitative estimate of drug-likeness (QED) is 0.646. The molecular weight excluding hydrogens is 357 g/mol. The fourth-order valence-corrected chi connectivity index (χ4v) is 2.01. The molecule has 6 heteroatoms. The molecule has 2 aromatic rings. The zero-order valence-corrected chi connectivity index (χ0v) is 12.6. The van der Waals surface area contributed by atoms with E-state index in [0.29, 0.717) is 12.3 Å². The summed E-state index contributed by atoms with van der Waals surface area (Å²) in [5, 5.41) is 2.81. The van der Waals surface area contributed by atoms with Crippen molar-refractivity contribution in [1.82, 2.24) is 14.9 Å². The molecule has 0 aliphatic carbocycles. The Morgan fingerprint density at radius 3 is 3.05 bits per heavy atom. The Balaban J connectivity index is 1.76. The van der Waals surface area contributed by atoms with Crippen molar-refractivity contribution in [2.45, 2.75) is 6.42 Å². The molecule has 1 amide bonds. The molecule has 19 heavy (non-hydrogen) atoms. The van der Waals surface area contributed by atoms with Gasteiger partial charge in [-0.1, -0.05) is 0 Å². The first-order valence-electron chi connectivity index (χ1n) is 5.81.